The molecule has 0 atom stereocenters. The van der Waals surface area contributed by atoms with E-state index in [1.807, 2.05) is 24.3 Å². The van der Waals surface area contributed by atoms with E-state index >= 15 is 0 Å². The van der Waals surface area contributed by atoms with Crippen LogP contribution in [0.4, 0.5) is 18.9 Å². The number of methoxy groups -OCH3 is 1. The molecule has 2 aromatic carbocycles. The molecule has 134 valence electrons. The molecule has 4 nitrogen and oxygen atoms in total. The summed E-state index contributed by atoms with van der Waals surface area (Å²) in [4.78, 5) is 13.8. The van der Waals surface area contributed by atoms with E-state index in [4.69, 9.17) is 4.74 Å². The number of hydrogen-bond donors (Lipinski definition) is 1. The predicted molar refractivity (Wildman–Crippen MR) is 89.4 cm³/mol. The number of nitrogens with one attached hydrogen (secondary N) is 1. The molecule has 25 heavy (non-hydrogen) atoms. The molecule has 2 rings (SSSR count). The first kappa shape index (κ1) is 18.8. The summed E-state index contributed by atoms with van der Waals surface area (Å²) in [7, 11) is 3.37. The summed E-state index contributed by atoms with van der Waals surface area (Å²) in [5.74, 6) is 0.435. The number of alkyl halides is 3. The molecule has 7 heteroatoms. The Balaban J connectivity index is 1.88. The van der Waals surface area contributed by atoms with Crippen LogP contribution in [0.15, 0.2) is 48.5 Å². The quantitative estimate of drug-likeness (QED) is 0.860. The van der Waals surface area contributed by atoms with Gasteiger partial charge in [-0.25, -0.2) is 0 Å². The monoisotopic (exact) mass is 352 g/mol. The number of carbonyl (C=O) groups is 1. The number of carbonyl (C=O) groups excluding carboxylic acids is 1. The van der Waals surface area contributed by atoms with E-state index in [1.165, 1.54) is 12.1 Å². The van der Waals surface area contributed by atoms with Crippen molar-refractivity contribution in [1.29, 1.82) is 0 Å². The van der Waals surface area contributed by atoms with Crippen molar-refractivity contribution in [2.24, 2.45) is 0 Å². The van der Waals surface area contributed by atoms with E-state index in [9.17, 15) is 18.0 Å². The van der Waals surface area contributed by atoms with Gasteiger partial charge in [0.2, 0.25) is 5.91 Å². The highest BCUT2D eigenvalue weighted by Gasteiger charge is 2.29. The van der Waals surface area contributed by atoms with Gasteiger partial charge in [0.15, 0.2) is 0 Å². The minimum atomic E-state index is -4.39. The molecule has 1 N–H and O–H groups in total. The fraction of sp³-hybridized carbons (Fsp3) is 0.278. The Morgan fingerprint density at radius 3 is 2.44 bits per heavy atom. The lowest BCUT2D eigenvalue weighted by molar-refractivity contribution is -0.137. The molecule has 1 amide bonds. The van der Waals surface area contributed by atoms with E-state index < -0.39 is 11.7 Å². The lowest BCUT2D eigenvalue weighted by atomic mass is 10.2. The maximum Gasteiger partial charge on any atom is 0.416 e. The van der Waals surface area contributed by atoms with Crippen molar-refractivity contribution < 1.29 is 22.7 Å². The second kappa shape index (κ2) is 8.02. The van der Waals surface area contributed by atoms with Gasteiger partial charge in [0, 0.05) is 12.2 Å². The number of ether oxygens (including phenoxy) is 1. The van der Waals surface area contributed by atoms with Crippen molar-refractivity contribution in [3.63, 3.8) is 0 Å². The SMILES string of the molecule is COc1cccc(CN(C)CC(=O)Nc2ccc(C(F)(F)F)cc2)c1. The zero-order valence-electron chi connectivity index (χ0n) is 13.9. The summed E-state index contributed by atoms with van der Waals surface area (Å²) in [5.41, 5.74) is 0.567. The first-order valence-electron chi connectivity index (χ1n) is 7.56. The maximum absolute atomic E-state index is 12.5. The standard InChI is InChI=1S/C18H19F3N2O2/c1-23(11-13-4-3-5-16(10-13)25-2)12-17(24)22-15-8-6-14(7-9-15)18(19,20)21/h3-10H,11-12H2,1-2H3,(H,22,24). The van der Waals surface area contributed by atoms with Crippen molar-refractivity contribution >= 4 is 11.6 Å². The number of nitrogens with zero attached hydrogens (tertiary/aromatic N) is 1. The maximum atomic E-state index is 12.5. The summed E-state index contributed by atoms with van der Waals surface area (Å²) in [6.07, 6.45) is -4.39. The third kappa shape index (κ3) is 5.79. The van der Waals surface area contributed by atoms with E-state index in [-0.39, 0.29) is 12.5 Å². The van der Waals surface area contributed by atoms with E-state index in [0.29, 0.717) is 12.2 Å². The summed E-state index contributed by atoms with van der Waals surface area (Å²) < 4.78 is 42.7. The van der Waals surface area contributed by atoms with Crippen LogP contribution >= 0.6 is 0 Å². The van der Waals surface area contributed by atoms with Gasteiger partial charge < -0.3 is 10.1 Å². The van der Waals surface area contributed by atoms with Crippen molar-refractivity contribution in [2.45, 2.75) is 12.7 Å². The van der Waals surface area contributed by atoms with Crippen LogP contribution in [0.1, 0.15) is 11.1 Å². The van der Waals surface area contributed by atoms with Crippen LogP contribution in [0.25, 0.3) is 0 Å². The van der Waals surface area contributed by atoms with Gasteiger partial charge in [0.1, 0.15) is 5.75 Å². The highest BCUT2D eigenvalue weighted by molar-refractivity contribution is 5.92. The lowest BCUT2D eigenvalue weighted by Gasteiger charge is -2.17. The van der Waals surface area contributed by atoms with Crippen molar-refractivity contribution in [3.05, 3.63) is 59.7 Å². The molecule has 2 aromatic rings. The normalized spacial score (nSPS) is 11.4. The van der Waals surface area contributed by atoms with Gasteiger partial charge >= 0.3 is 6.18 Å². The Bertz CT molecular complexity index is 715. The Labute approximate surface area is 144 Å². The van der Waals surface area contributed by atoms with Crippen LogP contribution in [0.5, 0.6) is 5.75 Å². The molecule has 0 aliphatic heterocycles. The molecule has 0 bridgehead atoms. The predicted octanol–water partition coefficient (Wildman–Crippen LogP) is 3.78. The van der Waals surface area contributed by atoms with Crippen molar-refractivity contribution in [1.82, 2.24) is 4.90 Å². The molecule has 0 aliphatic carbocycles. The Hall–Kier alpha value is -2.54. The molecule has 0 aromatic heterocycles. The molecule has 0 aliphatic rings. The highest BCUT2D eigenvalue weighted by atomic mass is 19.4. The number of halogens is 3. The summed E-state index contributed by atoms with van der Waals surface area (Å²) in [6.45, 7) is 0.649. The van der Waals surface area contributed by atoms with Gasteiger partial charge in [-0.05, 0) is 49.0 Å². The molecule has 0 radical (unpaired) electrons. The largest absolute Gasteiger partial charge is 0.497 e. The second-order valence-corrected chi connectivity index (χ2v) is 5.65. The van der Waals surface area contributed by atoms with E-state index in [1.54, 1.807) is 19.1 Å². The first-order chi connectivity index (χ1) is 11.8. The van der Waals surface area contributed by atoms with Gasteiger partial charge in [-0.1, -0.05) is 12.1 Å². The third-order valence-electron chi connectivity index (χ3n) is 3.50. The van der Waals surface area contributed by atoms with Crippen LogP contribution in [-0.2, 0) is 17.5 Å². The Morgan fingerprint density at radius 1 is 1.16 bits per heavy atom. The van der Waals surface area contributed by atoms with Gasteiger partial charge in [-0.3, -0.25) is 9.69 Å². The molecular weight excluding hydrogens is 333 g/mol. The van der Waals surface area contributed by atoms with Gasteiger partial charge in [0.05, 0.1) is 19.2 Å². The minimum Gasteiger partial charge on any atom is -0.497 e. The van der Waals surface area contributed by atoms with Crippen LogP contribution in [-0.4, -0.2) is 31.5 Å². The Morgan fingerprint density at radius 2 is 1.84 bits per heavy atom. The van der Waals surface area contributed by atoms with Crippen LogP contribution < -0.4 is 10.1 Å². The average molecular weight is 352 g/mol. The zero-order valence-corrected chi connectivity index (χ0v) is 13.9. The Kier molecular flexibility index (Phi) is 6.03. The summed E-state index contributed by atoms with van der Waals surface area (Å²) >= 11 is 0. The molecule has 0 fully saturated rings. The minimum absolute atomic E-state index is 0.109. The highest BCUT2D eigenvalue weighted by Crippen LogP contribution is 2.29. The number of anilines is 1. The van der Waals surface area contributed by atoms with Crippen molar-refractivity contribution in [2.75, 3.05) is 26.0 Å². The van der Waals surface area contributed by atoms with Crippen LogP contribution in [0.2, 0.25) is 0 Å². The van der Waals surface area contributed by atoms with Crippen LogP contribution in [0.3, 0.4) is 0 Å². The topological polar surface area (TPSA) is 41.6 Å². The fourth-order valence-corrected chi connectivity index (χ4v) is 2.33. The lowest BCUT2D eigenvalue weighted by Crippen LogP contribution is -2.29. The average Bonchev–Trinajstić information content (AvgIpc) is 2.54. The molecule has 0 spiro atoms. The third-order valence-corrected chi connectivity index (χ3v) is 3.50. The first-order valence-corrected chi connectivity index (χ1v) is 7.56. The molecular formula is C18H19F3N2O2. The number of benzene rings is 2. The van der Waals surface area contributed by atoms with Crippen molar-refractivity contribution in [3.8, 4) is 5.75 Å². The van der Waals surface area contributed by atoms with Gasteiger partial charge in [0.25, 0.3) is 0 Å². The molecule has 0 saturated carbocycles. The number of hydrogen-bond acceptors (Lipinski definition) is 3. The summed E-state index contributed by atoms with van der Waals surface area (Å²) in [6, 6.07) is 11.9. The number of likely N-dealkylation sites (N-methyl/N-ethyl adjacent to an activating group) is 1. The van der Waals surface area contributed by atoms with E-state index in [0.717, 1.165) is 23.4 Å². The number of amides is 1. The summed E-state index contributed by atoms with van der Waals surface area (Å²) in [5, 5.41) is 2.59. The smallest absolute Gasteiger partial charge is 0.416 e. The molecule has 0 heterocycles. The fourth-order valence-electron chi connectivity index (χ4n) is 2.33. The van der Waals surface area contributed by atoms with E-state index in [2.05, 4.69) is 5.32 Å². The molecule has 0 unspecified atom stereocenters. The van der Waals surface area contributed by atoms with Gasteiger partial charge in [-0.15, -0.1) is 0 Å². The molecule has 0 saturated heterocycles. The van der Waals surface area contributed by atoms with Crippen LogP contribution in [0, 0.1) is 0 Å². The number of rotatable bonds is 6. The second-order valence-electron chi connectivity index (χ2n) is 5.65. The zero-order chi connectivity index (χ0) is 18.4. The van der Waals surface area contributed by atoms with Gasteiger partial charge in [-0.2, -0.15) is 13.2 Å².